The van der Waals surface area contributed by atoms with Crippen LogP contribution in [0.2, 0.25) is 0 Å². The van der Waals surface area contributed by atoms with E-state index < -0.39 is 0 Å². The van der Waals surface area contributed by atoms with E-state index in [-0.39, 0.29) is 0 Å². The fourth-order valence-corrected chi connectivity index (χ4v) is 6.08. The molecule has 0 saturated carbocycles. The maximum atomic E-state index is 6.31. The summed E-state index contributed by atoms with van der Waals surface area (Å²) < 4.78 is 2.45. The Morgan fingerprint density at radius 2 is 1.41 bits per heavy atom. The Labute approximate surface area is 231 Å². The van der Waals surface area contributed by atoms with Crippen molar-refractivity contribution in [1.29, 1.82) is 0 Å². The van der Waals surface area contributed by atoms with Crippen molar-refractivity contribution in [3.63, 3.8) is 0 Å². The molecule has 0 amide bonds. The van der Waals surface area contributed by atoms with E-state index in [4.69, 9.17) is 11.5 Å². The van der Waals surface area contributed by atoms with Crippen LogP contribution in [0.5, 0.6) is 0 Å². The highest BCUT2D eigenvalue weighted by Gasteiger charge is 2.24. The highest BCUT2D eigenvalue weighted by Crippen LogP contribution is 2.33. The zero-order valence-electron chi connectivity index (χ0n) is 22.5. The fourth-order valence-electron chi connectivity index (χ4n) is 6.08. The highest BCUT2D eigenvalue weighted by molar-refractivity contribution is 6.10. The molecule has 5 heteroatoms. The molecule has 0 bridgehead atoms. The number of nitrogens with one attached hydrogen (secondary N) is 1. The average Bonchev–Trinajstić information content (AvgIpc) is 2.97. The molecule has 0 atom stereocenters. The van der Waals surface area contributed by atoms with Gasteiger partial charge in [0.2, 0.25) is 11.2 Å². The van der Waals surface area contributed by atoms with Crippen LogP contribution in [-0.2, 0) is 13.1 Å². The number of aryl methyl sites for hydroxylation is 1. The number of benzene rings is 4. The van der Waals surface area contributed by atoms with Gasteiger partial charge < -0.3 is 16.8 Å². The van der Waals surface area contributed by atoms with Crippen molar-refractivity contribution in [3.8, 4) is 11.3 Å². The number of nitrogens with zero attached hydrogens (tertiary/aromatic N) is 2. The minimum absolute atomic E-state index is 0.583. The third kappa shape index (κ3) is 5.60. The van der Waals surface area contributed by atoms with Gasteiger partial charge in [0.25, 0.3) is 0 Å². The lowest BCUT2D eigenvalue weighted by Crippen LogP contribution is -2.44. The second-order valence-electron chi connectivity index (χ2n) is 10.8. The molecule has 5 N–H and O–H groups in total. The number of likely N-dealkylation sites (tertiary alicyclic amines) is 1. The second-order valence-corrected chi connectivity index (χ2v) is 10.8. The lowest BCUT2D eigenvalue weighted by Gasteiger charge is -2.32. The van der Waals surface area contributed by atoms with Gasteiger partial charge in [-0.05, 0) is 67.9 Å². The van der Waals surface area contributed by atoms with Crippen LogP contribution >= 0.6 is 0 Å². The van der Waals surface area contributed by atoms with Crippen molar-refractivity contribution in [2.24, 2.45) is 0 Å². The normalized spacial score (nSPS) is 14.8. The van der Waals surface area contributed by atoms with Crippen LogP contribution in [-0.4, -0.2) is 30.6 Å². The Morgan fingerprint density at radius 3 is 2.15 bits per heavy atom. The lowest BCUT2D eigenvalue weighted by molar-refractivity contribution is -0.659. The van der Waals surface area contributed by atoms with Crippen LogP contribution in [0.1, 0.15) is 24.8 Å². The molecule has 0 aliphatic carbocycles. The van der Waals surface area contributed by atoms with Gasteiger partial charge in [0.1, 0.15) is 0 Å². The first-order valence-electron chi connectivity index (χ1n) is 14.1. The second kappa shape index (κ2) is 11.4. The molecule has 198 valence electrons. The van der Waals surface area contributed by atoms with Crippen LogP contribution in [0.3, 0.4) is 0 Å². The number of anilines is 2. The van der Waals surface area contributed by atoms with Gasteiger partial charge in [-0.3, -0.25) is 4.90 Å². The zero-order valence-corrected chi connectivity index (χ0v) is 22.5. The Balaban J connectivity index is 1.20. The molecule has 5 nitrogen and oxygen atoms in total. The molecule has 2 heterocycles. The lowest BCUT2D eigenvalue weighted by atomic mass is 9.98. The van der Waals surface area contributed by atoms with Gasteiger partial charge in [0.05, 0.1) is 10.8 Å². The molecule has 6 rings (SSSR count). The molecular weight excluding hydrogens is 478 g/mol. The summed E-state index contributed by atoms with van der Waals surface area (Å²) in [5.41, 5.74) is 19.1. The van der Waals surface area contributed by atoms with Crippen LogP contribution in [0.4, 0.5) is 11.4 Å². The third-order valence-electron chi connectivity index (χ3n) is 8.05. The number of pyridine rings is 1. The predicted molar refractivity (Wildman–Crippen MR) is 163 cm³/mol. The van der Waals surface area contributed by atoms with Gasteiger partial charge in [0, 0.05) is 53.9 Å². The molecule has 0 radical (unpaired) electrons. The van der Waals surface area contributed by atoms with Crippen molar-refractivity contribution in [2.75, 3.05) is 31.1 Å². The van der Waals surface area contributed by atoms with Crippen LogP contribution in [0.25, 0.3) is 32.9 Å². The first-order valence-corrected chi connectivity index (χ1v) is 14.1. The Bertz CT molecular complexity index is 1560. The van der Waals surface area contributed by atoms with Gasteiger partial charge in [-0.25, -0.2) is 0 Å². The summed E-state index contributed by atoms with van der Waals surface area (Å²) in [5, 5.41) is 7.44. The molecule has 1 fully saturated rings. The SMILES string of the molecule is Nc1ccc2c(c1)c(-c1ccccc1)[n+](CCCNC1CCN(Cc3ccccc3)CC1)c1cc(N)ccc21. The van der Waals surface area contributed by atoms with E-state index in [9.17, 15) is 0 Å². The van der Waals surface area contributed by atoms with Crippen molar-refractivity contribution >= 4 is 33.1 Å². The summed E-state index contributed by atoms with van der Waals surface area (Å²) in [6.07, 6.45) is 3.43. The van der Waals surface area contributed by atoms with Crippen molar-refractivity contribution in [2.45, 2.75) is 38.4 Å². The van der Waals surface area contributed by atoms with Crippen molar-refractivity contribution in [1.82, 2.24) is 10.2 Å². The number of rotatable bonds is 8. The fraction of sp³-hybridized carbons (Fsp3) is 0.265. The van der Waals surface area contributed by atoms with E-state index in [1.165, 1.54) is 51.3 Å². The largest absolute Gasteiger partial charge is 0.399 e. The maximum Gasteiger partial charge on any atom is 0.220 e. The number of aromatic nitrogens is 1. The van der Waals surface area contributed by atoms with Gasteiger partial charge >= 0.3 is 0 Å². The smallest absolute Gasteiger partial charge is 0.220 e. The molecule has 1 saturated heterocycles. The van der Waals surface area contributed by atoms with E-state index >= 15 is 0 Å². The molecule has 1 aliphatic rings. The Hall–Kier alpha value is -3.93. The summed E-state index contributed by atoms with van der Waals surface area (Å²) in [7, 11) is 0. The van der Waals surface area contributed by atoms with E-state index in [1.807, 2.05) is 12.1 Å². The summed E-state index contributed by atoms with van der Waals surface area (Å²) in [4.78, 5) is 2.58. The highest BCUT2D eigenvalue weighted by atomic mass is 15.1. The third-order valence-corrected chi connectivity index (χ3v) is 8.05. The Kier molecular flexibility index (Phi) is 7.44. The molecule has 0 unspecified atom stereocenters. The molecule has 5 aromatic rings. The number of hydrogen-bond acceptors (Lipinski definition) is 4. The standard InChI is InChI=1S/C34H37N5/c35-27-12-14-30-31-15-13-28(36)23-33(31)39(34(32(30)22-27)26-10-5-2-6-11-26)19-7-18-37-29-16-20-38(21-17-29)24-25-8-3-1-4-9-25/h1-6,8-15,22-23,29,36-37H,7,16-21,24,35H2/p+1. The molecule has 4 aromatic carbocycles. The predicted octanol–water partition coefficient (Wildman–Crippen LogP) is 5.76. The van der Waals surface area contributed by atoms with Crippen molar-refractivity contribution in [3.05, 3.63) is 103 Å². The maximum absolute atomic E-state index is 6.31. The number of piperidine rings is 1. The van der Waals surface area contributed by atoms with E-state index in [2.05, 4.69) is 99.7 Å². The quantitative estimate of drug-likeness (QED) is 0.106. The summed E-state index contributed by atoms with van der Waals surface area (Å²) in [6, 6.07) is 34.6. The number of fused-ring (bicyclic) bond motifs is 3. The van der Waals surface area contributed by atoms with Gasteiger partial charge in [-0.2, -0.15) is 4.57 Å². The van der Waals surface area contributed by atoms with Gasteiger partial charge in [-0.1, -0.05) is 54.6 Å². The Morgan fingerprint density at radius 1 is 0.744 bits per heavy atom. The first-order chi connectivity index (χ1) is 19.2. The summed E-state index contributed by atoms with van der Waals surface area (Å²) in [6.45, 7) is 5.23. The minimum Gasteiger partial charge on any atom is -0.399 e. The van der Waals surface area contributed by atoms with Crippen LogP contribution in [0, 0.1) is 0 Å². The average molecular weight is 517 g/mol. The molecule has 0 spiro atoms. The van der Waals surface area contributed by atoms with Crippen molar-refractivity contribution < 1.29 is 4.57 Å². The van der Waals surface area contributed by atoms with E-state index in [0.717, 1.165) is 50.5 Å². The van der Waals surface area contributed by atoms with Gasteiger partial charge in [-0.15, -0.1) is 0 Å². The molecule has 1 aromatic heterocycles. The number of nitrogen functional groups attached to an aromatic ring is 2. The zero-order chi connectivity index (χ0) is 26.6. The molecule has 39 heavy (non-hydrogen) atoms. The molecule has 1 aliphatic heterocycles. The first kappa shape index (κ1) is 25.4. The molecular formula is C34H38N5+. The summed E-state index contributed by atoms with van der Waals surface area (Å²) >= 11 is 0. The monoisotopic (exact) mass is 516 g/mol. The topological polar surface area (TPSA) is 71.2 Å². The van der Waals surface area contributed by atoms with Crippen LogP contribution < -0.4 is 21.4 Å². The number of hydrogen-bond donors (Lipinski definition) is 3. The number of nitrogens with two attached hydrogens (primary N) is 2. The minimum atomic E-state index is 0.583. The van der Waals surface area contributed by atoms with Crippen LogP contribution in [0.15, 0.2) is 97.1 Å². The van der Waals surface area contributed by atoms with Gasteiger partial charge in [0.15, 0.2) is 6.54 Å². The van der Waals surface area contributed by atoms with E-state index in [1.54, 1.807) is 0 Å². The van der Waals surface area contributed by atoms with E-state index in [0.29, 0.717) is 6.04 Å². The summed E-state index contributed by atoms with van der Waals surface area (Å²) in [5.74, 6) is 0.